The van der Waals surface area contributed by atoms with E-state index in [-0.39, 0.29) is 0 Å². The van der Waals surface area contributed by atoms with E-state index >= 15 is 0 Å². The molecule has 15 heavy (non-hydrogen) atoms. The SMILES string of the molecule is Cc1ccccc1[C@@H](C)NCC(C)(C)C. The first-order valence-corrected chi connectivity index (χ1v) is 5.69. The van der Waals surface area contributed by atoms with E-state index in [1.165, 1.54) is 11.1 Å². The van der Waals surface area contributed by atoms with Crippen molar-refractivity contribution in [2.24, 2.45) is 5.41 Å². The molecule has 84 valence electrons. The molecule has 1 N–H and O–H groups in total. The van der Waals surface area contributed by atoms with Gasteiger partial charge in [-0.3, -0.25) is 0 Å². The molecule has 0 heterocycles. The molecule has 0 radical (unpaired) electrons. The van der Waals surface area contributed by atoms with E-state index < -0.39 is 0 Å². The second kappa shape index (κ2) is 4.80. The Hall–Kier alpha value is -0.820. The molecule has 0 unspecified atom stereocenters. The third-order valence-electron chi connectivity index (χ3n) is 2.59. The lowest BCUT2D eigenvalue weighted by molar-refractivity contribution is 0.359. The fraction of sp³-hybridized carbons (Fsp3) is 0.571. The third-order valence-corrected chi connectivity index (χ3v) is 2.59. The molecule has 0 aliphatic heterocycles. The van der Waals surface area contributed by atoms with Crippen molar-refractivity contribution in [1.29, 1.82) is 0 Å². The quantitative estimate of drug-likeness (QED) is 0.793. The molecule has 0 saturated heterocycles. The number of aryl methyl sites for hydroxylation is 1. The van der Waals surface area contributed by atoms with Crippen molar-refractivity contribution in [3.05, 3.63) is 35.4 Å². The predicted octanol–water partition coefficient (Wildman–Crippen LogP) is 3.69. The van der Waals surface area contributed by atoms with Gasteiger partial charge in [0, 0.05) is 12.6 Å². The van der Waals surface area contributed by atoms with E-state index in [0.29, 0.717) is 11.5 Å². The van der Waals surface area contributed by atoms with Gasteiger partial charge in [-0.15, -0.1) is 0 Å². The molecule has 0 amide bonds. The fourth-order valence-corrected chi connectivity index (χ4v) is 1.64. The van der Waals surface area contributed by atoms with Gasteiger partial charge in [-0.2, -0.15) is 0 Å². The van der Waals surface area contributed by atoms with Gasteiger partial charge in [-0.05, 0) is 30.4 Å². The highest BCUT2D eigenvalue weighted by atomic mass is 14.9. The number of hydrogen-bond acceptors (Lipinski definition) is 1. The average molecular weight is 205 g/mol. The Morgan fingerprint density at radius 2 is 1.80 bits per heavy atom. The molecule has 1 atom stereocenters. The van der Waals surface area contributed by atoms with Gasteiger partial charge in [0.05, 0.1) is 0 Å². The highest BCUT2D eigenvalue weighted by Gasteiger charge is 2.13. The number of nitrogens with one attached hydrogen (secondary N) is 1. The van der Waals surface area contributed by atoms with Gasteiger partial charge in [0.1, 0.15) is 0 Å². The maximum atomic E-state index is 3.58. The molecule has 1 rings (SSSR count). The van der Waals surface area contributed by atoms with Gasteiger partial charge < -0.3 is 5.32 Å². The largest absolute Gasteiger partial charge is 0.310 e. The number of rotatable bonds is 3. The summed E-state index contributed by atoms with van der Waals surface area (Å²) in [7, 11) is 0. The molecule has 0 bridgehead atoms. The normalized spacial score (nSPS) is 13.9. The molecule has 0 spiro atoms. The summed E-state index contributed by atoms with van der Waals surface area (Å²) in [6, 6.07) is 9.01. The van der Waals surface area contributed by atoms with Crippen LogP contribution in [0.25, 0.3) is 0 Å². The van der Waals surface area contributed by atoms with Crippen LogP contribution in [0.5, 0.6) is 0 Å². The maximum Gasteiger partial charge on any atom is 0.0294 e. The van der Waals surface area contributed by atoms with Crippen molar-refractivity contribution < 1.29 is 0 Å². The molecule has 0 fully saturated rings. The molecular weight excluding hydrogens is 182 g/mol. The zero-order valence-electron chi connectivity index (χ0n) is 10.6. The first-order valence-electron chi connectivity index (χ1n) is 5.69. The topological polar surface area (TPSA) is 12.0 Å². The molecule has 1 aromatic rings. The van der Waals surface area contributed by atoms with Gasteiger partial charge in [0.25, 0.3) is 0 Å². The zero-order valence-corrected chi connectivity index (χ0v) is 10.6. The van der Waals surface area contributed by atoms with Crippen LogP contribution in [0.3, 0.4) is 0 Å². The lowest BCUT2D eigenvalue weighted by Crippen LogP contribution is -2.29. The van der Waals surface area contributed by atoms with Crippen LogP contribution in [0, 0.1) is 12.3 Å². The summed E-state index contributed by atoms with van der Waals surface area (Å²) in [5.41, 5.74) is 3.12. The van der Waals surface area contributed by atoms with E-state index in [2.05, 4.69) is 64.2 Å². The molecule has 0 saturated carbocycles. The Morgan fingerprint density at radius 1 is 1.20 bits per heavy atom. The Labute approximate surface area is 93.9 Å². The van der Waals surface area contributed by atoms with Gasteiger partial charge in [0.2, 0.25) is 0 Å². The van der Waals surface area contributed by atoms with E-state index in [9.17, 15) is 0 Å². The van der Waals surface area contributed by atoms with Crippen molar-refractivity contribution in [2.75, 3.05) is 6.54 Å². The van der Waals surface area contributed by atoms with Gasteiger partial charge in [-0.25, -0.2) is 0 Å². The summed E-state index contributed by atoms with van der Waals surface area (Å²) in [6.45, 7) is 12.2. The summed E-state index contributed by atoms with van der Waals surface area (Å²) < 4.78 is 0. The van der Waals surface area contributed by atoms with Crippen LogP contribution in [0.15, 0.2) is 24.3 Å². The Morgan fingerprint density at radius 3 is 2.33 bits per heavy atom. The van der Waals surface area contributed by atoms with Gasteiger partial charge in [-0.1, -0.05) is 45.0 Å². The lowest BCUT2D eigenvalue weighted by atomic mass is 9.95. The third kappa shape index (κ3) is 4.05. The minimum atomic E-state index is 0.344. The Balaban J connectivity index is 2.62. The Bertz CT molecular complexity index is 309. The number of benzene rings is 1. The summed E-state index contributed by atoms with van der Waals surface area (Å²) in [4.78, 5) is 0. The average Bonchev–Trinajstić information content (AvgIpc) is 2.14. The smallest absolute Gasteiger partial charge is 0.0294 e. The molecule has 0 aliphatic rings. The molecular formula is C14H23N. The lowest BCUT2D eigenvalue weighted by Gasteiger charge is -2.23. The monoisotopic (exact) mass is 205 g/mol. The second-order valence-electron chi connectivity index (χ2n) is 5.52. The van der Waals surface area contributed by atoms with Crippen LogP contribution >= 0.6 is 0 Å². The van der Waals surface area contributed by atoms with Gasteiger partial charge >= 0.3 is 0 Å². The Kier molecular flexibility index (Phi) is 3.92. The predicted molar refractivity (Wildman–Crippen MR) is 67.1 cm³/mol. The minimum Gasteiger partial charge on any atom is -0.310 e. The van der Waals surface area contributed by atoms with E-state index in [4.69, 9.17) is 0 Å². The number of hydrogen-bond donors (Lipinski definition) is 1. The first-order chi connectivity index (χ1) is 6.90. The first kappa shape index (κ1) is 12.3. The zero-order chi connectivity index (χ0) is 11.5. The van der Waals surface area contributed by atoms with Crippen LogP contribution in [0.2, 0.25) is 0 Å². The summed E-state index contributed by atoms with van der Waals surface area (Å²) in [5, 5.41) is 3.58. The minimum absolute atomic E-state index is 0.344. The van der Waals surface area contributed by atoms with Crippen LogP contribution in [-0.2, 0) is 0 Å². The standard InChI is InChI=1S/C14H23N/c1-11-8-6-7-9-13(11)12(2)15-10-14(3,4)5/h6-9,12,15H,10H2,1-5H3/t12-/m1/s1. The van der Waals surface area contributed by atoms with Crippen LogP contribution < -0.4 is 5.32 Å². The highest BCUT2D eigenvalue weighted by molar-refractivity contribution is 5.28. The van der Waals surface area contributed by atoms with E-state index in [1.807, 2.05) is 0 Å². The van der Waals surface area contributed by atoms with Crippen molar-refractivity contribution >= 4 is 0 Å². The fourth-order valence-electron chi connectivity index (χ4n) is 1.64. The van der Waals surface area contributed by atoms with Crippen molar-refractivity contribution in [2.45, 2.75) is 40.7 Å². The summed E-state index contributed by atoms with van der Waals surface area (Å²) in [6.07, 6.45) is 0. The van der Waals surface area contributed by atoms with Crippen molar-refractivity contribution in [3.8, 4) is 0 Å². The van der Waals surface area contributed by atoms with Crippen molar-refractivity contribution in [1.82, 2.24) is 5.32 Å². The maximum absolute atomic E-state index is 3.58. The van der Waals surface area contributed by atoms with Crippen molar-refractivity contribution in [3.63, 3.8) is 0 Å². The van der Waals surface area contributed by atoms with E-state index in [0.717, 1.165) is 6.54 Å². The molecule has 1 nitrogen and oxygen atoms in total. The molecule has 1 aromatic carbocycles. The summed E-state index contributed by atoms with van der Waals surface area (Å²) in [5.74, 6) is 0. The highest BCUT2D eigenvalue weighted by Crippen LogP contribution is 2.19. The van der Waals surface area contributed by atoms with Gasteiger partial charge in [0.15, 0.2) is 0 Å². The van der Waals surface area contributed by atoms with Crippen LogP contribution in [-0.4, -0.2) is 6.54 Å². The van der Waals surface area contributed by atoms with E-state index in [1.54, 1.807) is 0 Å². The van der Waals surface area contributed by atoms with Crippen LogP contribution in [0.1, 0.15) is 44.9 Å². The molecule has 1 heteroatoms. The molecule has 0 aromatic heterocycles. The second-order valence-corrected chi connectivity index (χ2v) is 5.52. The summed E-state index contributed by atoms with van der Waals surface area (Å²) >= 11 is 0. The molecule has 0 aliphatic carbocycles. The van der Waals surface area contributed by atoms with Crippen LogP contribution in [0.4, 0.5) is 0 Å².